The number of carbonyl (C=O) groups is 2. The van der Waals surface area contributed by atoms with Crippen LogP contribution in [-0.2, 0) is 14.3 Å². The van der Waals surface area contributed by atoms with Crippen molar-refractivity contribution in [2.45, 2.75) is 102 Å². The molecule has 40 heavy (non-hydrogen) atoms. The molecular weight excluding hydrogens is 597 g/mol. The van der Waals surface area contributed by atoms with Crippen molar-refractivity contribution < 1.29 is 45.8 Å². The van der Waals surface area contributed by atoms with E-state index < -0.39 is 65.4 Å². The third kappa shape index (κ3) is 18.9. The van der Waals surface area contributed by atoms with Crippen LogP contribution in [0.25, 0.3) is 20.9 Å². The Balaban J connectivity index is 0. The molecule has 0 amide bonds. The molecular formula is C22H34Cl2F6N6O4. The van der Waals surface area contributed by atoms with Crippen LogP contribution in [-0.4, -0.2) is 59.3 Å². The number of azide groups is 2. The van der Waals surface area contributed by atoms with Gasteiger partial charge in [0.1, 0.15) is 0 Å². The molecule has 0 saturated carbocycles. The fourth-order valence-electron chi connectivity index (χ4n) is 2.84. The number of nitrogens with zero attached hydrogens (tertiary/aromatic N) is 6. The smallest absolute Gasteiger partial charge is 0.389 e. The molecule has 0 aliphatic carbocycles. The van der Waals surface area contributed by atoms with E-state index in [1.54, 1.807) is 13.8 Å². The molecule has 0 spiro atoms. The zero-order valence-corrected chi connectivity index (χ0v) is 24.0. The lowest BCUT2D eigenvalue weighted by atomic mass is 9.86. The van der Waals surface area contributed by atoms with E-state index >= 15 is 0 Å². The Labute approximate surface area is 238 Å². The summed E-state index contributed by atoms with van der Waals surface area (Å²) in [7, 11) is 0. The Kier molecular flexibility index (Phi) is 18.1. The van der Waals surface area contributed by atoms with E-state index in [1.807, 2.05) is 0 Å². The Morgan fingerprint density at radius 2 is 1.30 bits per heavy atom. The number of hydrogen-bond acceptors (Lipinski definition) is 5. The number of esters is 1. The Hall–Kier alpha value is -2.28. The summed E-state index contributed by atoms with van der Waals surface area (Å²) in [5.74, 6) is -1.50. The van der Waals surface area contributed by atoms with Gasteiger partial charge in [-0.25, -0.2) is 0 Å². The van der Waals surface area contributed by atoms with E-state index in [0.29, 0.717) is 0 Å². The summed E-state index contributed by atoms with van der Waals surface area (Å²) >= 11 is 11.5. The number of carboxylic acid groups (broad SMARTS) is 1. The second-order valence-electron chi connectivity index (χ2n) is 10.1. The SMILES string of the molecule is CC(C)(C(=O)O)C(Cl)CCCC(CC(F)(F)F)N=[N+]=[N-].CC(C)(CCl)C(=O)OCCCC(CC(F)(F)F)N=[N+]=[N-]. The predicted octanol–water partition coefficient (Wildman–Crippen LogP) is 8.71. The molecule has 0 aliphatic rings. The van der Waals surface area contributed by atoms with Crippen molar-refractivity contribution >= 4 is 35.1 Å². The number of halogens is 8. The monoisotopic (exact) mass is 630 g/mol. The third-order valence-corrected chi connectivity index (χ3v) is 6.93. The van der Waals surface area contributed by atoms with Gasteiger partial charge >= 0.3 is 24.3 Å². The van der Waals surface area contributed by atoms with E-state index in [-0.39, 0.29) is 44.6 Å². The Bertz CT molecular complexity index is 892. The predicted molar refractivity (Wildman–Crippen MR) is 137 cm³/mol. The van der Waals surface area contributed by atoms with Gasteiger partial charge in [-0.15, -0.1) is 23.2 Å². The van der Waals surface area contributed by atoms with Crippen molar-refractivity contribution in [2.75, 3.05) is 12.5 Å². The third-order valence-electron chi connectivity index (χ3n) is 5.49. The van der Waals surface area contributed by atoms with Gasteiger partial charge in [0.2, 0.25) is 0 Å². The molecule has 0 aromatic heterocycles. The van der Waals surface area contributed by atoms with Crippen molar-refractivity contribution in [1.82, 2.24) is 0 Å². The molecule has 0 rings (SSSR count). The van der Waals surface area contributed by atoms with Gasteiger partial charge in [-0.05, 0) is 64.4 Å². The maximum atomic E-state index is 12.2. The van der Waals surface area contributed by atoms with E-state index in [2.05, 4.69) is 20.1 Å². The molecule has 10 nitrogen and oxygen atoms in total. The van der Waals surface area contributed by atoms with Gasteiger partial charge in [0.15, 0.2) is 0 Å². The highest BCUT2D eigenvalue weighted by Gasteiger charge is 2.36. The van der Waals surface area contributed by atoms with Crippen LogP contribution in [0.3, 0.4) is 0 Å². The van der Waals surface area contributed by atoms with Crippen LogP contribution in [0.4, 0.5) is 26.3 Å². The van der Waals surface area contributed by atoms with Crippen LogP contribution in [0.1, 0.15) is 72.6 Å². The van der Waals surface area contributed by atoms with E-state index in [1.165, 1.54) is 13.8 Å². The van der Waals surface area contributed by atoms with Crippen LogP contribution >= 0.6 is 23.2 Å². The average Bonchev–Trinajstić information content (AvgIpc) is 2.80. The summed E-state index contributed by atoms with van der Waals surface area (Å²) < 4.78 is 78.1. The topological polar surface area (TPSA) is 161 Å². The van der Waals surface area contributed by atoms with Crippen molar-refractivity contribution in [2.24, 2.45) is 21.1 Å². The first-order valence-corrected chi connectivity index (χ1v) is 12.9. The first kappa shape index (κ1) is 39.9. The second-order valence-corrected chi connectivity index (χ2v) is 10.9. The molecule has 0 aromatic rings. The maximum Gasteiger partial charge on any atom is 0.389 e. The van der Waals surface area contributed by atoms with E-state index in [0.717, 1.165) is 0 Å². The Morgan fingerprint density at radius 3 is 1.65 bits per heavy atom. The highest BCUT2D eigenvalue weighted by Crippen LogP contribution is 2.31. The molecule has 0 fully saturated rings. The first-order valence-electron chi connectivity index (χ1n) is 12.0. The van der Waals surface area contributed by atoms with Crippen molar-refractivity contribution in [3.8, 4) is 0 Å². The summed E-state index contributed by atoms with van der Waals surface area (Å²) in [4.78, 5) is 27.3. The van der Waals surface area contributed by atoms with Gasteiger partial charge in [0, 0.05) is 33.2 Å². The van der Waals surface area contributed by atoms with E-state index in [9.17, 15) is 35.9 Å². The van der Waals surface area contributed by atoms with Crippen LogP contribution in [0.5, 0.6) is 0 Å². The largest absolute Gasteiger partial charge is 0.481 e. The molecule has 3 unspecified atom stereocenters. The number of hydrogen-bond donors (Lipinski definition) is 1. The molecule has 3 atom stereocenters. The normalized spacial score (nSPS) is 14.4. The van der Waals surface area contributed by atoms with Crippen LogP contribution < -0.4 is 0 Å². The fourth-order valence-corrected chi connectivity index (χ4v) is 3.20. The Morgan fingerprint density at radius 1 is 0.875 bits per heavy atom. The van der Waals surface area contributed by atoms with Gasteiger partial charge < -0.3 is 9.84 Å². The van der Waals surface area contributed by atoms with Crippen molar-refractivity contribution in [3.63, 3.8) is 0 Å². The molecule has 0 heterocycles. The van der Waals surface area contributed by atoms with Crippen LogP contribution in [0, 0.1) is 10.8 Å². The molecule has 0 radical (unpaired) electrons. The summed E-state index contributed by atoms with van der Waals surface area (Å²) in [6.07, 6.45) is -10.5. The highest BCUT2D eigenvalue weighted by atomic mass is 35.5. The summed E-state index contributed by atoms with van der Waals surface area (Å²) in [5, 5.41) is 14.4. The van der Waals surface area contributed by atoms with Crippen molar-refractivity contribution in [3.05, 3.63) is 20.9 Å². The lowest BCUT2D eigenvalue weighted by Crippen LogP contribution is -2.33. The maximum absolute atomic E-state index is 12.2. The zero-order valence-electron chi connectivity index (χ0n) is 22.5. The highest BCUT2D eigenvalue weighted by molar-refractivity contribution is 6.22. The molecule has 18 heteroatoms. The van der Waals surface area contributed by atoms with Crippen LogP contribution in [0.2, 0.25) is 0 Å². The standard InChI is InChI=1S/2C11H17ClF3N3O2/c1-10(2,7-12)9(19)20-5-3-4-8(17-18-16)6-11(13,14)15;1-10(2,9(19)20)8(12)5-3-4-7(17-18-16)6-11(13,14)15/h8H,3-7H2,1-2H3;7-8H,3-6H2,1-2H3,(H,19,20). The number of rotatable bonds is 16. The molecule has 0 bridgehead atoms. The lowest BCUT2D eigenvalue weighted by molar-refractivity contribution is -0.153. The molecule has 1 N–H and O–H groups in total. The van der Waals surface area contributed by atoms with Gasteiger partial charge in [-0.3, -0.25) is 9.59 Å². The van der Waals surface area contributed by atoms with Gasteiger partial charge in [-0.1, -0.05) is 16.6 Å². The molecule has 0 aromatic carbocycles. The average molecular weight is 631 g/mol. The molecule has 0 aliphatic heterocycles. The van der Waals surface area contributed by atoms with Gasteiger partial charge in [-0.2, -0.15) is 26.3 Å². The summed E-state index contributed by atoms with van der Waals surface area (Å²) in [5.41, 5.74) is 14.4. The minimum Gasteiger partial charge on any atom is -0.481 e. The number of alkyl halides is 8. The first-order chi connectivity index (χ1) is 18.1. The lowest BCUT2D eigenvalue weighted by Gasteiger charge is -2.25. The minimum absolute atomic E-state index is 0.00183. The molecule has 232 valence electrons. The molecule has 0 saturated heterocycles. The van der Waals surface area contributed by atoms with Gasteiger partial charge in [0.05, 0.1) is 30.3 Å². The van der Waals surface area contributed by atoms with E-state index in [4.69, 9.17) is 44.1 Å². The summed E-state index contributed by atoms with van der Waals surface area (Å²) in [6, 6.07) is -2.36. The zero-order chi connectivity index (χ0) is 31.8. The number of aliphatic carboxylic acids is 1. The minimum atomic E-state index is -4.40. The quantitative estimate of drug-likeness (QED) is 0.0343. The fraction of sp³-hybridized carbons (Fsp3) is 0.909. The summed E-state index contributed by atoms with van der Waals surface area (Å²) in [6.45, 7) is 6.08. The van der Waals surface area contributed by atoms with Gasteiger partial charge in [0.25, 0.3) is 0 Å². The second kappa shape index (κ2) is 18.2. The number of carbonyl (C=O) groups excluding carboxylic acids is 1. The number of carboxylic acids is 1. The van der Waals surface area contributed by atoms with Crippen molar-refractivity contribution in [1.29, 1.82) is 0 Å². The number of ether oxygens (including phenoxy) is 1. The van der Waals surface area contributed by atoms with Crippen LogP contribution in [0.15, 0.2) is 10.2 Å².